The van der Waals surface area contributed by atoms with Gasteiger partial charge in [-0.25, -0.2) is 0 Å². The summed E-state index contributed by atoms with van der Waals surface area (Å²) in [6, 6.07) is 10.6. The zero-order valence-electron chi connectivity index (χ0n) is 11.2. The quantitative estimate of drug-likeness (QED) is 0.672. The Morgan fingerprint density at radius 3 is 2.61 bits per heavy atom. The third-order valence-electron chi connectivity index (χ3n) is 3.99. The molecule has 0 spiro atoms. The van der Waals surface area contributed by atoms with Crippen molar-refractivity contribution in [1.29, 1.82) is 0 Å². The Morgan fingerprint density at radius 1 is 1.39 bits per heavy atom. The minimum absolute atomic E-state index is 0.0836. The molecule has 0 amide bonds. The molecule has 1 aliphatic rings. The number of benzene rings is 1. The van der Waals surface area contributed by atoms with Crippen LogP contribution >= 0.6 is 0 Å². The Labute approximate surface area is 116 Å². The van der Waals surface area contributed by atoms with E-state index in [-0.39, 0.29) is 10.4 Å². The molecule has 1 N–H and O–H groups in total. The Morgan fingerprint density at radius 2 is 2.06 bits per heavy atom. The van der Waals surface area contributed by atoms with Gasteiger partial charge in [0.1, 0.15) is 0 Å². The van der Waals surface area contributed by atoms with E-state index in [0.717, 1.165) is 12.8 Å². The van der Waals surface area contributed by atoms with E-state index in [0.29, 0.717) is 20.9 Å². The summed E-state index contributed by atoms with van der Waals surface area (Å²) in [5.74, 6) is 0.514. The molecule has 0 radical (unpaired) electrons. The van der Waals surface area contributed by atoms with Crippen LogP contribution in [0.25, 0.3) is 0 Å². The third kappa shape index (κ3) is 3.06. The molecule has 1 nitrogen and oxygen atoms in total. The van der Waals surface area contributed by atoms with Crippen molar-refractivity contribution in [2.24, 2.45) is 5.92 Å². The van der Waals surface area contributed by atoms with Crippen LogP contribution in [0.2, 0.25) is 4.31 Å². The molecule has 1 aromatic rings. The molecule has 1 fully saturated rings. The first-order chi connectivity index (χ1) is 8.51. The summed E-state index contributed by atoms with van der Waals surface area (Å²) in [4.78, 5) is 0. The molecule has 1 aliphatic carbocycles. The summed E-state index contributed by atoms with van der Waals surface area (Å²) in [5.41, 5.74) is 1.23. The summed E-state index contributed by atoms with van der Waals surface area (Å²) < 4.78 is 1.47. The summed E-state index contributed by atoms with van der Waals surface area (Å²) in [5, 5.41) is 10.5. The van der Waals surface area contributed by atoms with Gasteiger partial charge in [-0.3, -0.25) is 0 Å². The van der Waals surface area contributed by atoms with Crippen LogP contribution < -0.4 is 4.46 Å². The summed E-state index contributed by atoms with van der Waals surface area (Å²) >= 11 is 0.341. The first kappa shape index (κ1) is 13.9. The summed E-state index contributed by atoms with van der Waals surface area (Å²) in [7, 11) is 0. The van der Waals surface area contributed by atoms with Crippen LogP contribution in [0.15, 0.2) is 42.5 Å². The van der Waals surface area contributed by atoms with Gasteiger partial charge in [0.15, 0.2) is 0 Å². The first-order valence-electron chi connectivity index (χ1n) is 6.59. The molecule has 1 aromatic carbocycles. The number of aliphatic hydroxyl groups is 1. The molecule has 0 unspecified atom stereocenters. The second kappa shape index (κ2) is 5.61. The molecule has 3 atom stereocenters. The van der Waals surface area contributed by atoms with Crippen molar-refractivity contribution in [3.05, 3.63) is 42.5 Å². The van der Waals surface area contributed by atoms with Gasteiger partial charge >= 0.3 is 116 Å². The average molecular weight is 309 g/mol. The fraction of sp³-hybridized carbons (Fsp3) is 0.500. The predicted molar refractivity (Wildman–Crippen MR) is 78.4 cm³/mol. The van der Waals surface area contributed by atoms with E-state index in [2.05, 4.69) is 50.8 Å². The Kier molecular flexibility index (Phi) is 4.32. The number of hydrogen-bond donors (Lipinski definition) is 1. The van der Waals surface area contributed by atoms with Crippen molar-refractivity contribution < 1.29 is 5.11 Å². The molecule has 18 heavy (non-hydrogen) atoms. The van der Waals surface area contributed by atoms with E-state index < -0.39 is 0 Å². The van der Waals surface area contributed by atoms with Crippen molar-refractivity contribution in [3.63, 3.8) is 0 Å². The molecule has 2 rings (SSSR count). The molecule has 0 saturated heterocycles. The van der Waals surface area contributed by atoms with Gasteiger partial charge in [0.2, 0.25) is 0 Å². The zero-order valence-corrected chi connectivity index (χ0v) is 12.9. The van der Waals surface area contributed by atoms with Crippen LogP contribution in [-0.2, 0) is 0 Å². The summed E-state index contributed by atoms with van der Waals surface area (Å²) in [6.45, 7) is 8.37. The minimum atomic E-state index is -0.187. The van der Waals surface area contributed by atoms with Gasteiger partial charge in [-0.2, -0.15) is 0 Å². The van der Waals surface area contributed by atoms with Crippen LogP contribution in [0.4, 0.5) is 0 Å². The van der Waals surface area contributed by atoms with Crippen molar-refractivity contribution in [3.8, 4) is 0 Å². The molecule has 0 aromatic heterocycles. The van der Waals surface area contributed by atoms with Gasteiger partial charge in [-0.15, -0.1) is 0 Å². The van der Waals surface area contributed by atoms with E-state index in [1.807, 2.05) is 0 Å². The SMILES string of the molecule is C=C(C)[C@@H]1CC[C@](C)([Se]c2ccccc2)[C@@H](O)C1. The van der Waals surface area contributed by atoms with Crippen molar-refractivity contribution in [2.75, 3.05) is 0 Å². The van der Waals surface area contributed by atoms with Crippen molar-refractivity contribution in [2.45, 2.75) is 43.5 Å². The van der Waals surface area contributed by atoms with Crippen molar-refractivity contribution in [1.82, 2.24) is 0 Å². The number of aliphatic hydroxyl groups excluding tert-OH is 1. The van der Waals surface area contributed by atoms with Gasteiger partial charge in [0.05, 0.1) is 0 Å². The van der Waals surface area contributed by atoms with Crippen LogP contribution in [0, 0.1) is 5.92 Å². The van der Waals surface area contributed by atoms with Crippen LogP contribution in [-0.4, -0.2) is 26.2 Å². The van der Waals surface area contributed by atoms with E-state index in [4.69, 9.17) is 0 Å². The zero-order chi connectivity index (χ0) is 13.2. The Balaban J connectivity index is 2.06. The van der Waals surface area contributed by atoms with Crippen molar-refractivity contribution >= 4 is 19.4 Å². The second-order valence-corrected chi connectivity index (χ2v) is 8.94. The van der Waals surface area contributed by atoms with E-state index in [1.54, 1.807) is 0 Å². The maximum absolute atomic E-state index is 10.5. The molecule has 98 valence electrons. The van der Waals surface area contributed by atoms with Crippen LogP contribution in [0.1, 0.15) is 33.1 Å². The van der Waals surface area contributed by atoms with Gasteiger partial charge in [0, 0.05) is 0 Å². The molecule has 2 heteroatoms. The van der Waals surface area contributed by atoms with Gasteiger partial charge in [-0.1, -0.05) is 0 Å². The molecular weight excluding hydrogens is 287 g/mol. The topological polar surface area (TPSA) is 20.2 Å². The first-order valence-corrected chi connectivity index (χ1v) is 8.30. The van der Waals surface area contributed by atoms with Gasteiger partial charge in [0.25, 0.3) is 0 Å². The Hall–Kier alpha value is -0.561. The van der Waals surface area contributed by atoms with E-state index >= 15 is 0 Å². The second-order valence-electron chi connectivity index (χ2n) is 5.56. The van der Waals surface area contributed by atoms with E-state index in [9.17, 15) is 5.11 Å². The predicted octanol–water partition coefficient (Wildman–Crippen LogP) is 2.93. The Bertz CT molecular complexity index is 414. The summed E-state index contributed by atoms with van der Waals surface area (Å²) in [6.07, 6.45) is 2.99. The monoisotopic (exact) mass is 310 g/mol. The number of hydrogen-bond acceptors (Lipinski definition) is 1. The number of allylic oxidation sites excluding steroid dienone is 1. The van der Waals surface area contributed by atoms with Gasteiger partial charge in [-0.05, 0) is 0 Å². The van der Waals surface area contributed by atoms with Crippen LogP contribution in [0.5, 0.6) is 0 Å². The van der Waals surface area contributed by atoms with E-state index in [1.165, 1.54) is 16.5 Å². The molecule has 1 saturated carbocycles. The molecular formula is C16H22OSe. The van der Waals surface area contributed by atoms with Crippen LogP contribution in [0.3, 0.4) is 0 Å². The molecule has 0 heterocycles. The normalized spacial score (nSPS) is 32.2. The maximum atomic E-state index is 10.5. The van der Waals surface area contributed by atoms with Gasteiger partial charge < -0.3 is 0 Å². The fourth-order valence-corrected chi connectivity index (χ4v) is 5.28. The number of rotatable bonds is 3. The standard InChI is InChI=1S/C16H22OSe/c1-12(2)13-9-10-16(3,15(17)11-13)18-14-7-5-4-6-8-14/h4-8,13,15,17H,1,9-11H2,2-3H3/t13-,15+,16+/m1/s1. The molecule has 0 aliphatic heterocycles. The fourth-order valence-electron chi connectivity index (χ4n) is 2.59. The average Bonchev–Trinajstić information content (AvgIpc) is 2.34. The third-order valence-corrected chi connectivity index (χ3v) is 7.04. The molecule has 0 bridgehead atoms.